The predicted octanol–water partition coefficient (Wildman–Crippen LogP) is 6.29. The number of amides is 2. The molecule has 0 heterocycles. The van der Waals surface area contributed by atoms with Crippen LogP contribution in [0.1, 0.15) is 123 Å². The van der Waals surface area contributed by atoms with E-state index in [0.717, 1.165) is 0 Å². The van der Waals surface area contributed by atoms with Crippen molar-refractivity contribution in [3.8, 4) is 0 Å². The number of ether oxygens (including phenoxy) is 3. The minimum atomic E-state index is -1.92. The molecule has 2 atom stereocenters. The number of esters is 1. The van der Waals surface area contributed by atoms with Crippen molar-refractivity contribution in [2.24, 2.45) is 0 Å². The van der Waals surface area contributed by atoms with E-state index in [2.05, 4.69) is 67.7 Å². The summed E-state index contributed by atoms with van der Waals surface area (Å²) in [6.45, 7) is 35.8. The molecule has 0 aliphatic rings. The van der Waals surface area contributed by atoms with Gasteiger partial charge in [0.05, 0.1) is 31.9 Å². The number of carbonyl (C=O) groups is 3. The number of rotatable bonds is 15. The molecule has 0 spiro atoms. The molecule has 0 bridgehead atoms. The van der Waals surface area contributed by atoms with Gasteiger partial charge in [0.1, 0.15) is 11.2 Å². The smallest absolute Gasteiger partial charge is 0.870 e. The predicted molar refractivity (Wildman–Crippen MR) is 233 cm³/mol. The topological polar surface area (TPSA) is 154 Å². The average molecular weight is 861 g/mol. The van der Waals surface area contributed by atoms with E-state index in [4.69, 9.17) is 28.2 Å². The summed E-state index contributed by atoms with van der Waals surface area (Å²) in [5, 5.41) is 9.33. The van der Waals surface area contributed by atoms with Crippen LogP contribution >= 0.6 is 27.0 Å². The summed E-state index contributed by atoms with van der Waals surface area (Å²) >= 11 is 0. The molecule has 0 aliphatic carbocycles. The van der Waals surface area contributed by atoms with Crippen molar-refractivity contribution in [2.75, 3.05) is 40.5 Å². The number of aliphatic hydroxyl groups is 1. The quantitative estimate of drug-likeness (QED) is 0.0861. The van der Waals surface area contributed by atoms with Crippen LogP contribution in [0.15, 0.2) is 0 Å². The molecule has 0 aromatic carbocycles. The van der Waals surface area contributed by atoms with Crippen molar-refractivity contribution in [3.05, 3.63) is 0 Å². The maximum atomic E-state index is 12.4. The first-order valence-electron chi connectivity index (χ1n) is 17.7. The van der Waals surface area contributed by atoms with Crippen molar-refractivity contribution in [2.45, 2.75) is 183 Å². The van der Waals surface area contributed by atoms with Crippen LogP contribution in [0.4, 0.5) is 9.59 Å². The third-order valence-electron chi connectivity index (χ3n) is 9.03. The number of hydrogen-bond acceptors (Lipinski definition) is 10. The summed E-state index contributed by atoms with van der Waals surface area (Å²) in [6.07, 6.45) is 1.96. The number of likely N-dealkylation sites (N-methyl/N-ethyl adjacent to an activating group) is 2. The second-order valence-corrected chi connectivity index (χ2v) is 27.6. The molecular weight excluding hydrogens is 776 g/mol. The number of carbonyl (C=O) groups excluding carboxylic acids is 3. The van der Waals surface area contributed by atoms with Gasteiger partial charge in [-0.1, -0.05) is 49.0 Å². The first-order valence-corrected chi connectivity index (χ1v) is 23.5. The molecule has 2 amide bonds. The van der Waals surface area contributed by atoms with E-state index in [0.29, 0.717) is 45.5 Å². The molecule has 2 N–H and O–H groups in total. The molecule has 0 aromatic heterocycles. The van der Waals surface area contributed by atoms with Crippen molar-refractivity contribution in [3.63, 3.8) is 0 Å². The van der Waals surface area contributed by atoms with Gasteiger partial charge in [0.25, 0.3) is 0 Å². The summed E-state index contributed by atoms with van der Waals surface area (Å²) < 4.78 is 28.5. The molecule has 324 valence electrons. The fourth-order valence-corrected chi connectivity index (χ4v) is 5.73. The molecular formula is C37H85N2NaO10S2Si2. The van der Waals surface area contributed by atoms with Gasteiger partial charge in [0.15, 0.2) is 16.6 Å². The zero-order chi connectivity index (χ0) is 39.2. The van der Waals surface area contributed by atoms with Gasteiger partial charge in [-0.3, -0.25) is 4.79 Å². The second kappa shape index (κ2) is 29.2. The molecule has 17 heteroatoms. The summed E-state index contributed by atoms with van der Waals surface area (Å²) in [5.74, 6) is -0.292. The first-order chi connectivity index (χ1) is 21.8. The van der Waals surface area contributed by atoms with Crippen LogP contribution < -0.4 is 29.6 Å². The zero-order valence-electron chi connectivity index (χ0n) is 37.4. The van der Waals surface area contributed by atoms with E-state index in [1.807, 2.05) is 41.5 Å². The fourth-order valence-electron chi connectivity index (χ4n) is 3.65. The monoisotopic (exact) mass is 861 g/mol. The zero-order valence-corrected chi connectivity index (χ0v) is 43.4. The Bertz CT molecular complexity index is 1020. The van der Waals surface area contributed by atoms with Gasteiger partial charge < -0.3 is 43.4 Å². The molecule has 0 fully saturated rings. The Hall–Kier alpha value is -0.0162. The maximum Gasteiger partial charge on any atom is 1.00 e. The maximum absolute atomic E-state index is 12.4. The molecule has 0 rings (SSSR count). The Morgan fingerprint density at radius 3 is 1.19 bits per heavy atom. The van der Waals surface area contributed by atoms with Crippen molar-refractivity contribution in [1.82, 2.24) is 9.80 Å². The van der Waals surface area contributed by atoms with Crippen molar-refractivity contribution < 1.29 is 77.6 Å². The number of aliphatic hydroxyl groups excluding tert-OH is 1. The molecule has 0 saturated heterocycles. The van der Waals surface area contributed by atoms with E-state index < -0.39 is 27.8 Å². The van der Waals surface area contributed by atoms with Crippen LogP contribution in [0.25, 0.3) is 0 Å². The van der Waals surface area contributed by atoms with E-state index in [1.165, 1.54) is 6.92 Å². The third kappa shape index (κ3) is 30.1. The minimum absolute atomic E-state index is 0. The summed E-state index contributed by atoms with van der Waals surface area (Å²) in [6, 6.07) is -0.222. The molecule has 54 heavy (non-hydrogen) atoms. The molecule has 0 unspecified atom stereocenters. The fraction of sp³-hybridized carbons (Fsp3) is 0.919. The van der Waals surface area contributed by atoms with E-state index in [9.17, 15) is 14.4 Å². The molecule has 0 aromatic rings. The standard InChI is InChI=1S/C19H39NO5Si.C17H37NO4Si.CH4.Na.H2O.2H2S/c1-15(21)23-13-11-12-16(14-24-26(9,10)19(5,6)7)20(8)17(22)25-18(2,3)4;1-16(2,3)22-15(20)18(7)14(11-10-12-19)13-21-23(8,9)17(4,5)6;;;;;/h16H,11-14H2,1-10H3;14,19H,10-13H2,1-9H3;1H4;;3*1H2/q;;;+1;;;/p-1/t16-;14-;;;;;/m00...../s1. The summed E-state index contributed by atoms with van der Waals surface area (Å²) in [4.78, 5) is 38.9. The Morgan fingerprint density at radius 1 is 0.648 bits per heavy atom. The number of nitrogens with zero attached hydrogens (tertiary/aromatic N) is 2. The van der Waals surface area contributed by atoms with Crippen LogP contribution in [-0.2, 0) is 27.9 Å². The Kier molecular flexibility index (Phi) is 37.2. The molecule has 0 radical (unpaired) electrons. The van der Waals surface area contributed by atoms with Gasteiger partial charge >= 0.3 is 47.7 Å². The van der Waals surface area contributed by atoms with Gasteiger partial charge in [-0.25, -0.2) is 9.59 Å². The molecule has 0 aliphatic heterocycles. The van der Waals surface area contributed by atoms with Crippen molar-refractivity contribution >= 4 is 61.8 Å². The molecule has 12 nitrogen and oxygen atoms in total. The van der Waals surface area contributed by atoms with E-state index in [-0.39, 0.29) is 116 Å². The van der Waals surface area contributed by atoms with Gasteiger partial charge in [0, 0.05) is 27.6 Å². The van der Waals surface area contributed by atoms with E-state index in [1.54, 1.807) is 23.9 Å². The van der Waals surface area contributed by atoms with Gasteiger partial charge in [-0.2, -0.15) is 27.0 Å². The largest absolute Gasteiger partial charge is 1.00 e. The van der Waals surface area contributed by atoms with Gasteiger partial charge in [-0.15, -0.1) is 0 Å². The van der Waals surface area contributed by atoms with Crippen LogP contribution in [0.2, 0.25) is 36.3 Å². The number of hydrogen-bond donors (Lipinski definition) is 1. The third-order valence-corrected chi connectivity index (χ3v) is 18.0. The van der Waals surface area contributed by atoms with Crippen LogP contribution in [0.3, 0.4) is 0 Å². The first kappa shape index (κ1) is 68.7. The normalized spacial score (nSPS) is 12.9. The summed E-state index contributed by atoms with van der Waals surface area (Å²) in [7, 11) is -0.323. The van der Waals surface area contributed by atoms with Gasteiger partial charge in [0.2, 0.25) is 0 Å². The summed E-state index contributed by atoms with van der Waals surface area (Å²) in [5.41, 5.74) is -1.07. The van der Waals surface area contributed by atoms with E-state index >= 15 is 0 Å². The SMILES string of the molecule is C.CC(=O)OCCC[C@@H](CO[Si](C)(C)C(C)(C)C)N(C)C(=O)OC(C)(C)C.CN(C(=O)OC(C)(C)C)[C@@H](CCCO)CO[Si](C)(C)C(C)(C)C.S.S.[Na+].[OH-]. The van der Waals surface area contributed by atoms with Gasteiger partial charge in [-0.05, 0) is 103 Å². The van der Waals surface area contributed by atoms with Crippen molar-refractivity contribution in [1.29, 1.82) is 0 Å². The van der Waals surface area contributed by atoms with Crippen LogP contribution in [0, 0.1) is 0 Å². The Labute approximate surface area is 370 Å². The minimum Gasteiger partial charge on any atom is -0.870 e. The average Bonchev–Trinajstić information content (AvgIpc) is 2.89. The van der Waals surface area contributed by atoms with Crippen LogP contribution in [0.5, 0.6) is 0 Å². The second-order valence-electron chi connectivity index (χ2n) is 18.0. The molecule has 0 saturated carbocycles. The Balaban J connectivity index is -0.000000151. The Morgan fingerprint density at radius 2 is 0.944 bits per heavy atom. The van der Waals surface area contributed by atoms with Crippen LogP contribution in [-0.4, -0.2) is 119 Å².